The lowest BCUT2D eigenvalue weighted by atomic mass is 10.0. The van der Waals surface area contributed by atoms with Crippen molar-refractivity contribution in [2.24, 2.45) is 0 Å². The van der Waals surface area contributed by atoms with Crippen molar-refractivity contribution in [2.75, 3.05) is 26.2 Å². The first-order valence-corrected chi connectivity index (χ1v) is 8.92. The minimum Gasteiger partial charge on any atom is -0.395 e. The van der Waals surface area contributed by atoms with Gasteiger partial charge in [-0.15, -0.1) is 0 Å². The normalized spacial score (nSPS) is 24.7. The van der Waals surface area contributed by atoms with Crippen LogP contribution in [0.1, 0.15) is 40.7 Å². The van der Waals surface area contributed by atoms with Gasteiger partial charge in [0.1, 0.15) is 0 Å². The van der Waals surface area contributed by atoms with Gasteiger partial charge in [0.15, 0.2) is 0 Å². The Labute approximate surface area is 147 Å². The number of hydrogen-bond donors (Lipinski definition) is 1. The second-order valence-electron chi connectivity index (χ2n) is 7.39. The molecule has 0 aliphatic carbocycles. The average Bonchev–Trinajstić information content (AvgIpc) is 2.92. The molecule has 0 radical (unpaired) electrons. The third-order valence-corrected chi connectivity index (χ3v) is 5.60. The predicted molar refractivity (Wildman–Crippen MR) is 92.0 cm³/mol. The largest absolute Gasteiger partial charge is 0.395 e. The summed E-state index contributed by atoms with van der Waals surface area (Å²) in [5.74, 6) is -2.72. The zero-order chi connectivity index (χ0) is 18.2. The van der Waals surface area contributed by atoms with Gasteiger partial charge < -0.3 is 10.0 Å². The van der Waals surface area contributed by atoms with Gasteiger partial charge in [-0.2, -0.15) is 0 Å². The molecule has 0 bridgehead atoms. The third-order valence-electron chi connectivity index (χ3n) is 5.60. The van der Waals surface area contributed by atoms with Crippen LogP contribution in [0.5, 0.6) is 0 Å². The van der Waals surface area contributed by atoms with E-state index in [1.54, 1.807) is 4.90 Å². The molecule has 1 amide bonds. The van der Waals surface area contributed by atoms with E-state index < -0.39 is 12.0 Å². The topological polar surface area (TPSA) is 43.8 Å². The van der Waals surface area contributed by atoms with E-state index in [-0.39, 0.29) is 31.5 Å². The molecule has 1 atom stereocenters. The van der Waals surface area contributed by atoms with Crippen molar-refractivity contribution < 1.29 is 18.7 Å². The smallest absolute Gasteiger partial charge is 0.262 e. The van der Waals surface area contributed by atoms with Crippen molar-refractivity contribution in [1.82, 2.24) is 9.80 Å². The molecule has 2 fully saturated rings. The van der Waals surface area contributed by atoms with E-state index in [1.807, 2.05) is 36.9 Å². The first-order valence-electron chi connectivity index (χ1n) is 8.92. The van der Waals surface area contributed by atoms with Gasteiger partial charge in [0.05, 0.1) is 13.2 Å². The summed E-state index contributed by atoms with van der Waals surface area (Å²) in [5, 5.41) is 9.40. The zero-order valence-corrected chi connectivity index (χ0v) is 14.8. The number of aryl methyl sites for hydroxylation is 2. The second-order valence-corrected chi connectivity index (χ2v) is 7.39. The minimum atomic E-state index is -2.72. The van der Waals surface area contributed by atoms with Crippen LogP contribution in [-0.4, -0.2) is 65.1 Å². The summed E-state index contributed by atoms with van der Waals surface area (Å²) >= 11 is 0. The van der Waals surface area contributed by atoms with Crippen LogP contribution in [-0.2, 0) is 0 Å². The number of aliphatic hydroxyl groups excluding tert-OH is 1. The number of piperidine rings is 1. The van der Waals surface area contributed by atoms with Gasteiger partial charge in [-0.05, 0) is 49.9 Å². The number of halogens is 2. The van der Waals surface area contributed by atoms with E-state index in [4.69, 9.17) is 0 Å². The molecular weight excluding hydrogens is 326 g/mol. The Morgan fingerprint density at radius 2 is 1.92 bits per heavy atom. The van der Waals surface area contributed by atoms with Crippen LogP contribution in [0, 0.1) is 13.8 Å². The Morgan fingerprint density at radius 1 is 1.24 bits per heavy atom. The van der Waals surface area contributed by atoms with Gasteiger partial charge in [0.25, 0.3) is 11.8 Å². The molecule has 0 spiro atoms. The van der Waals surface area contributed by atoms with E-state index in [0.717, 1.165) is 11.1 Å². The van der Waals surface area contributed by atoms with Gasteiger partial charge in [-0.25, -0.2) is 8.78 Å². The van der Waals surface area contributed by atoms with Gasteiger partial charge in [-0.1, -0.05) is 6.07 Å². The van der Waals surface area contributed by atoms with Gasteiger partial charge in [0, 0.05) is 37.2 Å². The molecule has 0 unspecified atom stereocenters. The number of amides is 1. The molecule has 6 heteroatoms. The van der Waals surface area contributed by atoms with Crippen LogP contribution in [0.4, 0.5) is 8.78 Å². The highest BCUT2D eigenvalue weighted by Crippen LogP contribution is 2.35. The Balaban J connectivity index is 1.61. The maximum atomic E-state index is 13.7. The van der Waals surface area contributed by atoms with Crippen LogP contribution in [0.25, 0.3) is 0 Å². The number of likely N-dealkylation sites (tertiary alicyclic amines) is 2. The molecule has 2 aliphatic heterocycles. The number of carbonyl (C=O) groups is 1. The summed E-state index contributed by atoms with van der Waals surface area (Å²) in [6.07, 6.45) is 1.07. The van der Waals surface area contributed by atoms with Crippen LogP contribution < -0.4 is 0 Å². The van der Waals surface area contributed by atoms with Crippen LogP contribution in [0.15, 0.2) is 18.2 Å². The maximum absolute atomic E-state index is 13.7. The van der Waals surface area contributed by atoms with Crippen molar-refractivity contribution in [3.8, 4) is 0 Å². The van der Waals surface area contributed by atoms with Crippen molar-refractivity contribution >= 4 is 5.91 Å². The van der Waals surface area contributed by atoms with Gasteiger partial charge in [-0.3, -0.25) is 9.69 Å². The molecule has 1 N–H and O–H groups in total. The molecule has 2 heterocycles. The minimum absolute atomic E-state index is 0.00649. The molecular formula is C19H26F2N2O2. The summed E-state index contributed by atoms with van der Waals surface area (Å²) < 4.78 is 27.3. The fourth-order valence-electron chi connectivity index (χ4n) is 3.98. The molecule has 25 heavy (non-hydrogen) atoms. The van der Waals surface area contributed by atoms with E-state index in [1.165, 1.54) is 0 Å². The number of rotatable bonds is 3. The van der Waals surface area contributed by atoms with Gasteiger partial charge in [0.2, 0.25) is 0 Å². The Kier molecular flexibility index (Phi) is 5.11. The summed E-state index contributed by atoms with van der Waals surface area (Å²) in [6.45, 7) is 4.61. The Bertz CT molecular complexity index is 642. The number of aliphatic hydroxyl groups is 1. The number of nitrogens with zero attached hydrogens (tertiary/aromatic N) is 2. The van der Waals surface area contributed by atoms with Crippen molar-refractivity contribution in [3.63, 3.8) is 0 Å². The standard InChI is InChI=1S/C19H26F2N2O2/c1-13-3-4-15(9-14(13)2)18(25)22-7-5-16(6-8-22)23-12-19(20,21)10-17(23)11-24/h3-4,9,16-17,24H,5-8,10-12H2,1-2H3/t17-/m0/s1. The predicted octanol–water partition coefficient (Wildman–Crippen LogP) is 2.61. The fourth-order valence-corrected chi connectivity index (χ4v) is 3.98. The summed E-state index contributed by atoms with van der Waals surface area (Å²) in [4.78, 5) is 16.2. The summed E-state index contributed by atoms with van der Waals surface area (Å²) in [6, 6.07) is 5.25. The van der Waals surface area contributed by atoms with E-state index in [0.29, 0.717) is 31.5 Å². The van der Waals surface area contributed by atoms with E-state index >= 15 is 0 Å². The first kappa shape index (κ1) is 18.3. The molecule has 1 aromatic rings. The highest BCUT2D eigenvalue weighted by Gasteiger charge is 2.47. The van der Waals surface area contributed by atoms with Crippen LogP contribution >= 0.6 is 0 Å². The number of benzene rings is 1. The molecule has 3 rings (SSSR count). The molecule has 138 valence electrons. The Morgan fingerprint density at radius 3 is 2.52 bits per heavy atom. The van der Waals surface area contributed by atoms with E-state index in [2.05, 4.69) is 0 Å². The van der Waals surface area contributed by atoms with Crippen molar-refractivity contribution in [1.29, 1.82) is 0 Å². The lowest BCUT2D eigenvalue weighted by Gasteiger charge is -2.38. The highest BCUT2D eigenvalue weighted by molar-refractivity contribution is 5.94. The summed E-state index contributed by atoms with van der Waals surface area (Å²) in [7, 11) is 0. The lowest BCUT2D eigenvalue weighted by Crippen LogP contribution is -2.49. The third kappa shape index (κ3) is 3.85. The molecule has 1 aromatic carbocycles. The second kappa shape index (κ2) is 7.00. The quantitative estimate of drug-likeness (QED) is 0.909. The molecule has 2 saturated heterocycles. The van der Waals surface area contributed by atoms with Gasteiger partial charge >= 0.3 is 0 Å². The van der Waals surface area contributed by atoms with Crippen molar-refractivity contribution in [2.45, 2.75) is 51.1 Å². The first-order chi connectivity index (χ1) is 11.8. The molecule has 0 saturated carbocycles. The van der Waals surface area contributed by atoms with E-state index in [9.17, 15) is 18.7 Å². The summed E-state index contributed by atoms with van der Waals surface area (Å²) in [5.41, 5.74) is 2.92. The average molecular weight is 352 g/mol. The monoisotopic (exact) mass is 352 g/mol. The number of alkyl halides is 2. The molecule has 0 aromatic heterocycles. The number of hydrogen-bond acceptors (Lipinski definition) is 3. The fraction of sp³-hybridized carbons (Fsp3) is 0.632. The SMILES string of the molecule is Cc1ccc(C(=O)N2CCC(N3CC(F)(F)C[C@H]3CO)CC2)cc1C. The molecule has 2 aliphatic rings. The highest BCUT2D eigenvalue weighted by atomic mass is 19.3. The maximum Gasteiger partial charge on any atom is 0.262 e. The Hall–Kier alpha value is -1.53. The lowest BCUT2D eigenvalue weighted by molar-refractivity contribution is 0.00296. The van der Waals surface area contributed by atoms with Crippen LogP contribution in [0.2, 0.25) is 0 Å². The number of carbonyl (C=O) groups excluding carboxylic acids is 1. The van der Waals surface area contributed by atoms with Crippen LogP contribution in [0.3, 0.4) is 0 Å². The molecule has 4 nitrogen and oxygen atoms in total. The van der Waals surface area contributed by atoms with Crippen molar-refractivity contribution in [3.05, 3.63) is 34.9 Å². The zero-order valence-electron chi connectivity index (χ0n) is 14.8.